The van der Waals surface area contributed by atoms with Crippen LogP contribution in [0.4, 0.5) is 19.0 Å². The highest BCUT2D eigenvalue weighted by Crippen LogP contribution is 2.34. The number of aliphatic hydroxyl groups is 2. The number of hydrogen-bond donors (Lipinski definition) is 3. The first-order chi connectivity index (χ1) is 16.7. The van der Waals surface area contributed by atoms with E-state index in [-0.39, 0.29) is 24.0 Å². The number of halogens is 3. The van der Waals surface area contributed by atoms with Crippen LogP contribution in [0.2, 0.25) is 0 Å². The van der Waals surface area contributed by atoms with Crippen molar-refractivity contribution in [2.75, 3.05) is 18.5 Å². The van der Waals surface area contributed by atoms with E-state index >= 15 is 0 Å². The zero-order valence-electron chi connectivity index (χ0n) is 18.2. The monoisotopic (exact) mass is 483 g/mol. The predicted octanol–water partition coefficient (Wildman–Crippen LogP) is 4.30. The van der Waals surface area contributed by atoms with Crippen molar-refractivity contribution in [3.63, 3.8) is 0 Å². The number of benzene rings is 2. The average Bonchev–Trinajstić information content (AvgIpc) is 2.86. The van der Waals surface area contributed by atoms with E-state index in [1.807, 2.05) is 0 Å². The second kappa shape index (κ2) is 10.1. The molecule has 180 valence electrons. The van der Waals surface area contributed by atoms with Gasteiger partial charge < -0.3 is 20.3 Å². The van der Waals surface area contributed by atoms with Crippen molar-refractivity contribution in [3.05, 3.63) is 84.1 Å². The van der Waals surface area contributed by atoms with Crippen molar-refractivity contribution >= 4 is 22.6 Å². The van der Waals surface area contributed by atoms with Crippen LogP contribution in [0.25, 0.3) is 22.0 Å². The number of para-hydroxylation sites is 1. The highest BCUT2D eigenvalue weighted by molar-refractivity contribution is 6.04. The number of rotatable bonds is 7. The van der Waals surface area contributed by atoms with Gasteiger partial charge in [0.15, 0.2) is 0 Å². The second-order valence-electron chi connectivity index (χ2n) is 7.61. The van der Waals surface area contributed by atoms with Gasteiger partial charge in [-0.3, -0.25) is 4.79 Å². The van der Waals surface area contributed by atoms with Gasteiger partial charge in [0.25, 0.3) is 5.91 Å². The van der Waals surface area contributed by atoms with Crippen LogP contribution in [0.1, 0.15) is 16.1 Å². The van der Waals surface area contributed by atoms with Gasteiger partial charge in [-0.05, 0) is 29.8 Å². The molecule has 0 spiro atoms. The lowest BCUT2D eigenvalue weighted by Crippen LogP contribution is -2.21. The molecule has 1 atom stereocenters. The van der Waals surface area contributed by atoms with E-state index in [9.17, 15) is 23.1 Å². The molecule has 4 rings (SSSR count). The summed E-state index contributed by atoms with van der Waals surface area (Å²) in [5.74, 6) is -0.279. The number of nitrogens with zero attached hydrogens (tertiary/aromatic N) is 2. The van der Waals surface area contributed by atoms with E-state index in [1.54, 1.807) is 36.4 Å². The smallest absolute Gasteiger partial charge is 0.416 e. The number of hydrogen-bond acceptors (Lipinski definition) is 6. The molecular weight excluding hydrogens is 463 g/mol. The van der Waals surface area contributed by atoms with Crippen LogP contribution in [-0.4, -0.2) is 45.4 Å². The fourth-order valence-corrected chi connectivity index (χ4v) is 3.35. The number of carbonyl (C=O) groups excluding carboxylic acids is 1. The Balaban J connectivity index is 1.61. The highest BCUT2D eigenvalue weighted by atomic mass is 19.4. The fraction of sp³-hybridized carbons (Fsp3) is 0.160. The van der Waals surface area contributed by atoms with Crippen LogP contribution in [-0.2, 0) is 6.18 Å². The first-order valence-electron chi connectivity index (χ1n) is 10.5. The Labute approximate surface area is 197 Å². The topological polar surface area (TPSA) is 105 Å². The molecule has 1 amide bonds. The van der Waals surface area contributed by atoms with Gasteiger partial charge in [-0.2, -0.15) is 18.2 Å². The van der Waals surface area contributed by atoms with E-state index < -0.39 is 30.4 Å². The summed E-state index contributed by atoms with van der Waals surface area (Å²) in [6.45, 7) is -0.641. The summed E-state index contributed by atoms with van der Waals surface area (Å²) in [6.07, 6.45) is -5.55. The van der Waals surface area contributed by atoms with Crippen molar-refractivity contribution in [2.24, 2.45) is 0 Å². The summed E-state index contributed by atoms with van der Waals surface area (Å²) in [7, 11) is 0. The maximum atomic E-state index is 13.2. The van der Waals surface area contributed by atoms with E-state index in [1.165, 1.54) is 24.3 Å². The molecule has 0 aliphatic heterocycles. The summed E-state index contributed by atoms with van der Waals surface area (Å²) < 4.78 is 44.9. The summed E-state index contributed by atoms with van der Waals surface area (Å²) >= 11 is 0. The van der Waals surface area contributed by atoms with Gasteiger partial charge in [-0.1, -0.05) is 42.5 Å². The van der Waals surface area contributed by atoms with Crippen LogP contribution in [0.15, 0.2) is 72.8 Å². The number of anilines is 1. The van der Waals surface area contributed by atoms with Crippen molar-refractivity contribution < 1.29 is 32.9 Å². The van der Waals surface area contributed by atoms with Crippen LogP contribution >= 0.6 is 0 Å². The quantitative estimate of drug-likeness (QED) is 0.362. The third kappa shape index (κ3) is 5.73. The Morgan fingerprint density at radius 3 is 2.54 bits per heavy atom. The SMILES string of the molecule is O=C(Nc1cccc(OC[C@H](O)CO)n1)c1ccc2cccc(-c3cccc(C(F)(F)F)c3)c2n1. The molecule has 0 aliphatic carbocycles. The molecule has 10 heteroatoms. The van der Waals surface area contributed by atoms with E-state index in [4.69, 9.17) is 9.84 Å². The lowest BCUT2D eigenvalue weighted by molar-refractivity contribution is -0.137. The maximum Gasteiger partial charge on any atom is 0.416 e. The zero-order chi connectivity index (χ0) is 25.0. The minimum Gasteiger partial charge on any atom is -0.475 e. The van der Waals surface area contributed by atoms with Gasteiger partial charge in [0, 0.05) is 17.0 Å². The summed E-state index contributed by atoms with van der Waals surface area (Å²) in [4.78, 5) is 21.4. The lowest BCUT2D eigenvalue weighted by Gasteiger charge is -2.12. The Hall–Kier alpha value is -4.02. The third-order valence-corrected chi connectivity index (χ3v) is 5.05. The second-order valence-corrected chi connectivity index (χ2v) is 7.61. The molecule has 0 unspecified atom stereocenters. The van der Waals surface area contributed by atoms with E-state index in [0.717, 1.165) is 12.1 Å². The molecule has 0 aliphatic rings. The first-order valence-corrected chi connectivity index (χ1v) is 10.5. The molecule has 0 bridgehead atoms. The van der Waals surface area contributed by atoms with Crippen molar-refractivity contribution in [1.82, 2.24) is 9.97 Å². The Kier molecular flexibility index (Phi) is 6.94. The molecule has 0 radical (unpaired) electrons. The highest BCUT2D eigenvalue weighted by Gasteiger charge is 2.30. The van der Waals surface area contributed by atoms with Crippen molar-refractivity contribution in [3.8, 4) is 17.0 Å². The largest absolute Gasteiger partial charge is 0.475 e. The number of pyridine rings is 2. The number of carbonyl (C=O) groups is 1. The maximum absolute atomic E-state index is 13.2. The lowest BCUT2D eigenvalue weighted by atomic mass is 9.99. The van der Waals surface area contributed by atoms with Crippen LogP contribution < -0.4 is 10.1 Å². The molecule has 2 aromatic heterocycles. The van der Waals surface area contributed by atoms with Gasteiger partial charge >= 0.3 is 6.18 Å². The Morgan fingerprint density at radius 2 is 1.77 bits per heavy atom. The Morgan fingerprint density at radius 1 is 1.00 bits per heavy atom. The summed E-state index contributed by atoms with van der Waals surface area (Å²) in [5.41, 5.74) is 0.426. The normalized spacial score (nSPS) is 12.4. The van der Waals surface area contributed by atoms with Gasteiger partial charge in [-0.25, -0.2) is 4.98 Å². The minimum atomic E-state index is -4.49. The van der Waals surface area contributed by atoms with Gasteiger partial charge in [0.2, 0.25) is 5.88 Å². The molecule has 4 aromatic rings. The van der Waals surface area contributed by atoms with Gasteiger partial charge in [0.1, 0.15) is 24.2 Å². The number of alkyl halides is 3. The number of aromatic nitrogens is 2. The fourth-order valence-electron chi connectivity index (χ4n) is 3.35. The first kappa shape index (κ1) is 24.1. The minimum absolute atomic E-state index is 0.0424. The third-order valence-electron chi connectivity index (χ3n) is 5.05. The molecule has 0 fully saturated rings. The van der Waals surface area contributed by atoms with Crippen LogP contribution in [0, 0.1) is 0 Å². The number of aliphatic hydroxyl groups excluding tert-OH is 2. The number of nitrogens with one attached hydrogen (secondary N) is 1. The van der Waals surface area contributed by atoms with E-state index in [2.05, 4.69) is 15.3 Å². The van der Waals surface area contributed by atoms with Crippen molar-refractivity contribution in [1.29, 1.82) is 0 Å². The summed E-state index contributed by atoms with van der Waals surface area (Å²) in [6, 6.07) is 17.9. The van der Waals surface area contributed by atoms with Gasteiger partial charge in [0.05, 0.1) is 17.7 Å². The predicted molar refractivity (Wildman–Crippen MR) is 123 cm³/mol. The van der Waals surface area contributed by atoms with Crippen molar-refractivity contribution in [2.45, 2.75) is 12.3 Å². The van der Waals surface area contributed by atoms with E-state index in [0.29, 0.717) is 22.0 Å². The molecule has 7 nitrogen and oxygen atoms in total. The van der Waals surface area contributed by atoms with Crippen LogP contribution in [0.3, 0.4) is 0 Å². The molecule has 35 heavy (non-hydrogen) atoms. The summed E-state index contributed by atoms with van der Waals surface area (Å²) in [5, 5.41) is 21.5. The number of fused-ring (bicyclic) bond motifs is 1. The van der Waals surface area contributed by atoms with Crippen LogP contribution in [0.5, 0.6) is 5.88 Å². The molecular formula is C25H20F3N3O4. The zero-order valence-corrected chi connectivity index (χ0v) is 18.2. The number of amides is 1. The Bertz CT molecular complexity index is 1360. The molecule has 3 N–H and O–H groups in total. The van der Waals surface area contributed by atoms with Gasteiger partial charge in [-0.15, -0.1) is 0 Å². The molecule has 0 saturated carbocycles. The standard InChI is InChI=1S/C25H20F3N3O4/c26-25(27,28)17-6-1-5-16(12-17)19-7-2-4-15-10-11-20(29-23(15)19)24(34)31-21-8-3-9-22(30-21)35-14-18(33)13-32/h1-12,18,32-33H,13-14H2,(H,30,31,34)/t18-/m1/s1. The molecule has 0 saturated heterocycles. The number of ether oxygens (including phenoxy) is 1. The molecule has 2 heterocycles. The average molecular weight is 483 g/mol. The molecule has 2 aromatic carbocycles.